The molecule has 1 aromatic heterocycles. The second-order valence-electron chi connectivity index (χ2n) is 4.92. The van der Waals surface area contributed by atoms with Crippen LogP contribution in [0.1, 0.15) is 19.0 Å². The molecule has 0 atom stereocenters. The summed E-state index contributed by atoms with van der Waals surface area (Å²) in [6, 6.07) is 1.82. The first-order valence-electron chi connectivity index (χ1n) is 7.60. The Hall–Kier alpha value is -0.870. The van der Waals surface area contributed by atoms with Crippen molar-refractivity contribution in [1.29, 1.82) is 0 Å². The lowest BCUT2D eigenvalue weighted by atomic mass is 10.3. The molecule has 8 heteroatoms. The Labute approximate surface area is 148 Å². The lowest BCUT2D eigenvalue weighted by molar-refractivity contribution is 0.0376. The van der Waals surface area contributed by atoms with E-state index in [0.717, 1.165) is 64.0 Å². The van der Waals surface area contributed by atoms with Crippen LogP contribution in [0.2, 0.25) is 0 Å². The van der Waals surface area contributed by atoms with Crippen molar-refractivity contribution in [3.63, 3.8) is 0 Å². The molecule has 1 aliphatic heterocycles. The van der Waals surface area contributed by atoms with Gasteiger partial charge in [-0.05, 0) is 19.9 Å². The van der Waals surface area contributed by atoms with Crippen LogP contribution in [0.15, 0.2) is 21.8 Å². The molecule has 0 aromatic carbocycles. The summed E-state index contributed by atoms with van der Waals surface area (Å²) in [7, 11) is 0. The van der Waals surface area contributed by atoms with Crippen molar-refractivity contribution in [1.82, 2.24) is 20.7 Å². The summed E-state index contributed by atoms with van der Waals surface area (Å²) < 4.78 is 10.1. The zero-order valence-electron chi connectivity index (χ0n) is 13.1. The van der Waals surface area contributed by atoms with Crippen molar-refractivity contribution < 1.29 is 9.26 Å². The standard InChI is InChI=1S/C14H25N5O2.HI/c1-2-15-14(17-12-13-4-9-21-18-13)16-5-3-6-19-7-10-20-11-8-19;/h4,9H,2-3,5-8,10-12H2,1H3,(H2,15,16,17);1H. The van der Waals surface area contributed by atoms with E-state index in [0.29, 0.717) is 6.54 Å². The van der Waals surface area contributed by atoms with Gasteiger partial charge in [-0.1, -0.05) is 5.16 Å². The number of ether oxygens (including phenoxy) is 1. The number of hydrogen-bond donors (Lipinski definition) is 2. The van der Waals surface area contributed by atoms with Crippen LogP contribution < -0.4 is 10.6 Å². The van der Waals surface area contributed by atoms with Crippen molar-refractivity contribution in [3.8, 4) is 0 Å². The summed E-state index contributed by atoms with van der Waals surface area (Å²) in [6.45, 7) is 9.22. The molecule has 0 amide bonds. The van der Waals surface area contributed by atoms with E-state index in [1.807, 2.05) is 6.07 Å². The second kappa shape index (κ2) is 11.7. The van der Waals surface area contributed by atoms with E-state index in [1.165, 1.54) is 0 Å². The first-order chi connectivity index (χ1) is 10.4. The van der Waals surface area contributed by atoms with E-state index in [9.17, 15) is 0 Å². The minimum Gasteiger partial charge on any atom is -0.379 e. The van der Waals surface area contributed by atoms with E-state index in [-0.39, 0.29) is 24.0 Å². The third-order valence-corrected chi connectivity index (χ3v) is 3.28. The normalized spacial score (nSPS) is 16.1. The number of nitrogens with one attached hydrogen (secondary N) is 2. The number of hydrogen-bond acceptors (Lipinski definition) is 5. The van der Waals surface area contributed by atoms with E-state index >= 15 is 0 Å². The summed E-state index contributed by atoms with van der Waals surface area (Å²) in [5, 5.41) is 10.4. The lowest BCUT2D eigenvalue weighted by Gasteiger charge is -2.26. The molecule has 1 aliphatic rings. The monoisotopic (exact) mass is 423 g/mol. The summed E-state index contributed by atoms with van der Waals surface area (Å²) in [5.74, 6) is 0.822. The van der Waals surface area contributed by atoms with Crippen molar-refractivity contribution in [2.24, 2.45) is 4.99 Å². The fourth-order valence-corrected chi connectivity index (χ4v) is 2.16. The van der Waals surface area contributed by atoms with E-state index in [4.69, 9.17) is 9.26 Å². The fourth-order valence-electron chi connectivity index (χ4n) is 2.16. The Morgan fingerprint density at radius 1 is 1.36 bits per heavy atom. The predicted octanol–water partition coefficient (Wildman–Crippen LogP) is 1.07. The summed E-state index contributed by atoms with van der Waals surface area (Å²) >= 11 is 0. The second-order valence-corrected chi connectivity index (χ2v) is 4.92. The van der Waals surface area contributed by atoms with Gasteiger partial charge in [0.25, 0.3) is 0 Å². The Bertz CT molecular complexity index is 407. The minimum atomic E-state index is 0. The fraction of sp³-hybridized carbons (Fsp3) is 0.714. The Morgan fingerprint density at radius 2 is 2.18 bits per heavy atom. The zero-order chi connectivity index (χ0) is 14.8. The molecule has 2 N–H and O–H groups in total. The smallest absolute Gasteiger partial charge is 0.191 e. The van der Waals surface area contributed by atoms with Crippen molar-refractivity contribution in [2.45, 2.75) is 19.9 Å². The highest BCUT2D eigenvalue weighted by Crippen LogP contribution is 1.98. The number of aromatic nitrogens is 1. The molecule has 1 aromatic rings. The zero-order valence-corrected chi connectivity index (χ0v) is 15.4. The van der Waals surface area contributed by atoms with Gasteiger partial charge in [-0.15, -0.1) is 24.0 Å². The molecule has 1 fully saturated rings. The predicted molar refractivity (Wildman–Crippen MR) is 96.6 cm³/mol. The van der Waals surface area contributed by atoms with Gasteiger partial charge in [-0.25, -0.2) is 4.99 Å². The first kappa shape index (κ1) is 19.2. The molecule has 0 spiro atoms. The molecule has 0 bridgehead atoms. The molecular weight excluding hydrogens is 397 g/mol. The van der Waals surface area contributed by atoms with Crippen LogP contribution in [0.5, 0.6) is 0 Å². The number of morpholine rings is 1. The van der Waals surface area contributed by atoms with Gasteiger partial charge in [0.05, 0.1) is 19.8 Å². The maximum absolute atomic E-state index is 5.34. The van der Waals surface area contributed by atoms with Gasteiger partial charge < -0.3 is 19.9 Å². The molecule has 0 radical (unpaired) electrons. The molecule has 0 aliphatic carbocycles. The number of rotatable bonds is 7. The topological polar surface area (TPSA) is 74.9 Å². The number of nitrogens with zero attached hydrogens (tertiary/aromatic N) is 3. The molecule has 0 unspecified atom stereocenters. The van der Waals surface area contributed by atoms with Crippen LogP contribution >= 0.6 is 24.0 Å². The van der Waals surface area contributed by atoms with Crippen LogP contribution in [-0.4, -0.2) is 62.0 Å². The van der Waals surface area contributed by atoms with Gasteiger partial charge in [-0.3, -0.25) is 4.90 Å². The Balaban J connectivity index is 0.00000242. The van der Waals surface area contributed by atoms with E-state index in [2.05, 4.69) is 32.6 Å². The maximum Gasteiger partial charge on any atom is 0.191 e. The molecule has 2 heterocycles. The van der Waals surface area contributed by atoms with Crippen LogP contribution in [0, 0.1) is 0 Å². The minimum absolute atomic E-state index is 0. The highest BCUT2D eigenvalue weighted by molar-refractivity contribution is 14.0. The van der Waals surface area contributed by atoms with Crippen LogP contribution in [0.4, 0.5) is 0 Å². The molecule has 126 valence electrons. The summed E-state index contributed by atoms with van der Waals surface area (Å²) in [5.41, 5.74) is 0.834. The van der Waals surface area contributed by atoms with Gasteiger partial charge >= 0.3 is 0 Å². The van der Waals surface area contributed by atoms with Crippen LogP contribution in [-0.2, 0) is 11.3 Å². The van der Waals surface area contributed by atoms with Crippen molar-refractivity contribution in [3.05, 3.63) is 18.0 Å². The van der Waals surface area contributed by atoms with Gasteiger partial charge in [-0.2, -0.15) is 0 Å². The van der Waals surface area contributed by atoms with Gasteiger partial charge in [0.2, 0.25) is 0 Å². The molecular formula is C14H26IN5O2. The molecule has 1 saturated heterocycles. The largest absolute Gasteiger partial charge is 0.379 e. The Kier molecular flexibility index (Phi) is 10.2. The average molecular weight is 423 g/mol. The van der Waals surface area contributed by atoms with E-state index in [1.54, 1.807) is 6.26 Å². The number of aliphatic imine (C=N–C) groups is 1. The summed E-state index contributed by atoms with van der Waals surface area (Å²) in [4.78, 5) is 6.91. The number of guanidine groups is 1. The van der Waals surface area contributed by atoms with Crippen LogP contribution in [0.25, 0.3) is 0 Å². The highest BCUT2D eigenvalue weighted by Gasteiger charge is 2.09. The van der Waals surface area contributed by atoms with Gasteiger partial charge in [0.15, 0.2) is 5.96 Å². The molecule has 22 heavy (non-hydrogen) atoms. The summed E-state index contributed by atoms with van der Waals surface area (Å²) in [6.07, 6.45) is 2.65. The highest BCUT2D eigenvalue weighted by atomic mass is 127. The molecule has 0 saturated carbocycles. The van der Waals surface area contributed by atoms with Crippen LogP contribution in [0.3, 0.4) is 0 Å². The Morgan fingerprint density at radius 3 is 2.86 bits per heavy atom. The SMILES string of the molecule is CCNC(=NCc1ccon1)NCCCN1CCOCC1.I. The van der Waals surface area contributed by atoms with Gasteiger partial charge in [0.1, 0.15) is 12.0 Å². The van der Waals surface area contributed by atoms with Crippen molar-refractivity contribution >= 4 is 29.9 Å². The molecule has 2 rings (SSSR count). The average Bonchev–Trinajstić information content (AvgIpc) is 3.03. The van der Waals surface area contributed by atoms with Gasteiger partial charge in [0, 0.05) is 32.2 Å². The van der Waals surface area contributed by atoms with Crippen molar-refractivity contribution in [2.75, 3.05) is 45.9 Å². The maximum atomic E-state index is 5.34. The first-order valence-corrected chi connectivity index (χ1v) is 7.60. The van der Waals surface area contributed by atoms with E-state index < -0.39 is 0 Å². The quantitative estimate of drug-likeness (QED) is 0.296. The lowest BCUT2D eigenvalue weighted by Crippen LogP contribution is -2.40. The number of halogens is 1. The molecule has 7 nitrogen and oxygen atoms in total. The third-order valence-electron chi connectivity index (χ3n) is 3.28. The third kappa shape index (κ3) is 7.41.